The maximum Gasteiger partial charge on any atom is 0.472 e. The van der Waals surface area contributed by atoms with E-state index in [1.54, 1.807) is 6.26 Å². The van der Waals surface area contributed by atoms with Crippen LogP contribution in [0.4, 0.5) is 0 Å². The highest BCUT2D eigenvalue weighted by Gasteiger charge is 2.25. The normalized spacial score (nSPS) is 15.0. The van der Waals surface area contributed by atoms with Gasteiger partial charge in [0.15, 0.2) is 6.10 Å². The quantitative estimate of drug-likeness (QED) is 0.0158. The van der Waals surface area contributed by atoms with Gasteiger partial charge in [-0.1, -0.05) is 132 Å². The van der Waals surface area contributed by atoms with Gasteiger partial charge < -0.3 is 24.0 Å². The molecule has 0 bridgehead atoms. The summed E-state index contributed by atoms with van der Waals surface area (Å²) in [6, 6.07) is 0. The molecule has 9 nitrogen and oxygen atoms in total. The number of quaternary nitrogens is 1. The summed E-state index contributed by atoms with van der Waals surface area (Å²) < 4.78 is 34.6. The molecule has 0 radical (unpaired) electrons. The molecule has 1 unspecified atom stereocenters. The Morgan fingerprint density at radius 1 is 0.643 bits per heavy atom. The molecule has 2 N–H and O–H groups in total. The van der Waals surface area contributed by atoms with Gasteiger partial charge in [0.05, 0.1) is 40.1 Å². The van der Waals surface area contributed by atoms with Gasteiger partial charge in [-0.3, -0.25) is 13.8 Å². The van der Waals surface area contributed by atoms with Crippen LogP contribution in [0.5, 0.6) is 0 Å². The molecule has 0 spiro atoms. The lowest BCUT2D eigenvalue weighted by Gasteiger charge is -2.24. The van der Waals surface area contributed by atoms with Gasteiger partial charge in [-0.05, 0) is 83.1 Å². The lowest BCUT2D eigenvalue weighted by molar-refractivity contribution is -0.870. The Bertz CT molecular complexity index is 1140. The number of nitrogens with zero attached hydrogens (tertiary/aromatic N) is 1. The average molecular weight is 809 g/mol. The van der Waals surface area contributed by atoms with E-state index in [1.165, 1.54) is 57.8 Å². The number of rotatable bonds is 39. The zero-order chi connectivity index (χ0) is 41.4. The highest BCUT2D eigenvalue weighted by Crippen LogP contribution is 2.43. The molecule has 0 aromatic carbocycles. The molecule has 3 atom stereocenters. The molecule has 0 aliphatic carbocycles. The largest absolute Gasteiger partial charge is 0.492 e. The van der Waals surface area contributed by atoms with E-state index in [9.17, 15) is 19.4 Å². The number of allylic oxidation sites excluding steroid dienone is 10. The third-order valence-corrected chi connectivity index (χ3v) is 9.88. The van der Waals surface area contributed by atoms with Gasteiger partial charge in [0.25, 0.3) is 0 Å². The number of unbranched alkanes of at least 4 members (excludes halogenated alkanes) is 13. The highest BCUT2D eigenvalue weighted by molar-refractivity contribution is 7.47. The van der Waals surface area contributed by atoms with Crippen LogP contribution in [0.2, 0.25) is 0 Å². The summed E-state index contributed by atoms with van der Waals surface area (Å²) in [6.45, 7) is 4.64. The Hall–Kier alpha value is -2.26. The SMILES string of the molecule is CCCCCCCC/C=C\CCCCCC/C=C/O[C@H](COC(=O)CCC/C=C\C/C=C\C/C=C\C/C=C\[C@@H](O)CCCC)COP(=O)(O)OCC[N+](C)(C)C. The van der Waals surface area contributed by atoms with Crippen molar-refractivity contribution in [3.63, 3.8) is 0 Å². The first-order valence-electron chi connectivity index (χ1n) is 21.8. The van der Waals surface area contributed by atoms with Gasteiger partial charge in [0.2, 0.25) is 0 Å². The Kier molecular flexibility index (Phi) is 36.7. The van der Waals surface area contributed by atoms with Crippen molar-refractivity contribution in [1.82, 2.24) is 0 Å². The maximum atomic E-state index is 12.5. The van der Waals surface area contributed by atoms with Crippen molar-refractivity contribution >= 4 is 13.8 Å². The van der Waals surface area contributed by atoms with Crippen molar-refractivity contribution in [1.29, 1.82) is 0 Å². The van der Waals surface area contributed by atoms with Crippen molar-refractivity contribution in [2.24, 2.45) is 0 Å². The fourth-order valence-electron chi connectivity index (χ4n) is 5.36. The van der Waals surface area contributed by atoms with Gasteiger partial charge in [-0.25, -0.2) is 4.57 Å². The second-order valence-electron chi connectivity index (χ2n) is 15.6. The topological polar surface area (TPSA) is 112 Å². The van der Waals surface area contributed by atoms with Gasteiger partial charge in [-0.2, -0.15) is 0 Å². The predicted octanol–water partition coefficient (Wildman–Crippen LogP) is 12.0. The van der Waals surface area contributed by atoms with Crippen molar-refractivity contribution in [2.75, 3.05) is 47.5 Å². The summed E-state index contributed by atoms with van der Waals surface area (Å²) in [5.74, 6) is -0.350. The Morgan fingerprint density at radius 2 is 1.16 bits per heavy atom. The molecule has 0 aromatic rings. The molecule has 0 heterocycles. The third-order valence-electron chi connectivity index (χ3n) is 8.90. The average Bonchev–Trinajstić information content (AvgIpc) is 3.15. The summed E-state index contributed by atoms with van der Waals surface area (Å²) in [6.07, 6.45) is 46.6. The molecule has 0 aromatic heterocycles. The number of aliphatic hydroxyl groups is 1. The first-order chi connectivity index (χ1) is 27.0. The highest BCUT2D eigenvalue weighted by atomic mass is 31.2. The predicted molar refractivity (Wildman–Crippen MR) is 234 cm³/mol. The summed E-state index contributed by atoms with van der Waals surface area (Å²) in [7, 11) is 1.60. The van der Waals surface area contributed by atoms with Gasteiger partial charge in [0, 0.05) is 6.42 Å². The Balaban J connectivity index is 4.45. The standard InChI is InChI=1S/C46H82NO8P/c1-6-8-10-11-12-13-14-15-16-17-20-23-26-29-32-35-40-52-45(43-55-56(50,51)54-41-39-47(3,4)5)42-53-46(49)38-34-31-28-25-22-19-18-21-24-27-30-33-37-44(48)36-9-7-2/h15-16,18-19,24-25,27-28,33,35,37,40,44-45,48H,6-14,17,20-23,26,29-32,34,36,38-39,41-43H2,1-5H3/p+1/b16-15-,19-18-,27-24-,28-25-,37-33-,40-35+/t44-,45+/m0/s1. The van der Waals surface area contributed by atoms with E-state index in [2.05, 4.69) is 62.5 Å². The Labute approximate surface area is 343 Å². The number of ether oxygens (including phenoxy) is 2. The number of phosphoric ester groups is 1. The molecular weight excluding hydrogens is 725 g/mol. The summed E-state index contributed by atoms with van der Waals surface area (Å²) in [4.78, 5) is 22.6. The molecule has 0 rings (SSSR count). The molecule has 10 heteroatoms. The van der Waals surface area contributed by atoms with Crippen LogP contribution in [0.25, 0.3) is 0 Å². The number of esters is 1. The van der Waals surface area contributed by atoms with Crippen LogP contribution in [0, 0.1) is 0 Å². The minimum absolute atomic E-state index is 0.0691. The number of aliphatic hydroxyl groups excluding tert-OH is 1. The summed E-state index contributed by atoms with van der Waals surface area (Å²) >= 11 is 0. The number of carbonyl (C=O) groups is 1. The molecule has 0 aliphatic heterocycles. The first-order valence-corrected chi connectivity index (χ1v) is 23.3. The number of phosphoric acid groups is 1. The van der Waals surface area contributed by atoms with Crippen LogP contribution in [-0.2, 0) is 27.9 Å². The van der Waals surface area contributed by atoms with E-state index in [4.69, 9.17) is 18.5 Å². The van der Waals surface area contributed by atoms with E-state index in [0.29, 0.717) is 17.4 Å². The Morgan fingerprint density at radius 3 is 1.77 bits per heavy atom. The van der Waals surface area contributed by atoms with Crippen LogP contribution in [0.1, 0.15) is 155 Å². The zero-order valence-corrected chi connectivity index (χ0v) is 37.1. The lowest BCUT2D eigenvalue weighted by Crippen LogP contribution is -2.37. The van der Waals surface area contributed by atoms with Gasteiger partial charge >= 0.3 is 13.8 Å². The van der Waals surface area contributed by atoms with Crippen LogP contribution >= 0.6 is 7.82 Å². The van der Waals surface area contributed by atoms with E-state index in [0.717, 1.165) is 70.6 Å². The minimum atomic E-state index is -4.29. The molecule has 0 saturated carbocycles. The van der Waals surface area contributed by atoms with Crippen molar-refractivity contribution < 1.29 is 42.4 Å². The number of likely N-dealkylation sites (N-methyl/N-ethyl adjacent to an activating group) is 1. The van der Waals surface area contributed by atoms with Gasteiger partial charge in [0.1, 0.15) is 19.8 Å². The van der Waals surface area contributed by atoms with Crippen LogP contribution in [0.15, 0.2) is 73.1 Å². The van der Waals surface area contributed by atoms with E-state index in [1.807, 2.05) is 39.4 Å². The lowest BCUT2D eigenvalue weighted by atomic mass is 10.1. The van der Waals surface area contributed by atoms with Crippen molar-refractivity contribution in [2.45, 2.75) is 167 Å². The van der Waals surface area contributed by atoms with E-state index in [-0.39, 0.29) is 38.3 Å². The van der Waals surface area contributed by atoms with E-state index >= 15 is 0 Å². The molecule has 0 amide bonds. The molecule has 0 saturated heterocycles. The zero-order valence-electron chi connectivity index (χ0n) is 36.2. The van der Waals surface area contributed by atoms with Crippen molar-refractivity contribution in [3.8, 4) is 0 Å². The smallest absolute Gasteiger partial charge is 0.472 e. The molecular formula is C46H83NO8P+. The second kappa shape index (κ2) is 38.3. The molecule has 0 aliphatic rings. The maximum absolute atomic E-state index is 12.5. The van der Waals surface area contributed by atoms with Crippen LogP contribution in [-0.4, -0.2) is 80.2 Å². The molecule has 324 valence electrons. The first kappa shape index (κ1) is 53.7. The van der Waals surface area contributed by atoms with Crippen LogP contribution < -0.4 is 0 Å². The fourth-order valence-corrected chi connectivity index (χ4v) is 6.11. The summed E-state index contributed by atoms with van der Waals surface area (Å²) in [5.41, 5.74) is 0. The van der Waals surface area contributed by atoms with Crippen molar-refractivity contribution in [3.05, 3.63) is 73.1 Å². The summed E-state index contributed by atoms with van der Waals surface area (Å²) in [5, 5.41) is 9.82. The third kappa shape index (κ3) is 41.4. The van der Waals surface area contributed by atoms with E-state index < -0.39 is 13.9 Å². The number of hydrogen-bond acceptors (Lipinski definition) is 7. The number of hydrogen-bond donors (Lipinski definition) is 2. The minimum Gasteiger partial charge on any atom is -0.492 e. The molecule has 0 fully saturated rings. The fraction of sp³-hybridized carbons (Fsp3) is 0.717. The second-order valence-corrected chi connectivity index (χ2v) is 17.0. The van der Waals surface area contributed by atoms with Gasteiger partial charge in [-0.15, -0.1) is 0 Å². The number of carbonyl (C=O) groups excluding carboxylic acids is 1. The molecule has 56 heavy (non-hydrogen) atoms. The van der Waals surface area contributed by atoms with Crippen LogP contribution in [0.3, 0.4) is 0 Å². The monoisotopic (exact) mass is 809 g/mol.